The molecular weight excluding hydrogens is 384 g/mol. The van der Waals surface area contributed by atoms with Crippen molar-refractivity contribution < 1.29 is 19.1 Å². The van der Waals surface area contributed by atoms with Crippen molar-refractivity contribution in [1.82, 2.24) is 14.9 Å². The van der Waals surface area contributed by atoms with Crippen molar-refractivity contribution >= 4 is 23.4 Å². The minimum Gasteiger partial charge on any atom is -0.424 e. The average molecular weight is 402 g/mol. The van der Waals surface area contributed by atoms with Crippen LogP contribution in [-0.2, 0) is 4.79 Å². The Balaban J connectivity index is 1.35. The van der Waals surface area contributed by atoms with Gasteiger partial charge in [-0.1, -0.05) is 12.1 Å². The summed E-state index contributed by atoms with van der Waals surface area (Å²) in [5, 5.41) is 2.80. The smallest absolute Gasteiger partial charge is 0.321 e. The van der Waals surface area contributed by atoms with Gasteiger partial charge >= 0.3 is 6.01 Å². The molecule has 1 aliphatic heterocycles. The molecule has 0 fully saturated rings. The fourth-order valence-corrected chi connectivity index (χ4v) is 3.15. The normalized spacial score (nSPS) is 12.6. The van der Waals surface area contributed by atoms with Crippen LogP contribution in [0.3, 0.4) is 0 Å². The van der Waals surface area contributed by atoms with E-state index < -0.39 is 0 Å². The van der Waals surface area contributed by atoms with E-state index in [9.17, 15) is 14.4 Å². The number of carbonyl (C=O) groups is 3. The molecule has 3 amide bonds. The van der Waals surface area contributed by atoms with Crippen LogP contribution in [0.5, 0.6) is 11.8 Å². The molecular formula is C22H18N4O4. The number of ether oxygens (including phenoxy) is 1. The van der Waals surface area contributed by atoms with E-state index >= 15 is 0 Å². The lowest BCUT2D eigenvalue weighted by Gasteiger charge is -2.14. The number of amides is 3. The van der Waals surface area contributed by atoms with Gasteiger partial charge in [-0.2, -0.15) is 0 Å². The highest BCUT2D eigenvalue weighted by molar-refractivity contribution is 6.21. The molecule has 0 unspecified atom stereocenters. The van der Waals surface area contributed by atoms with Gasteiger partial charge in [-0.3, -0.25) is 19.3 Å². The van der Waals surface area contributed by atoms with Gasteiger partial charge < -0.3 is 10.1 Å². The standard InChI is InChI=1S/C22H18N4O4/c1-14-13-15(30-22-23-10-4-11-24-22)7-8-18(14)25-19(27)9-12-26-20(28)16-5-2-3-6-17(16)21(26)29/h2-8,10-11,13H,9,12H2,1H3,(H,25,27). The maximum absolute atomic E-state index is 12.4. The Labute approximate surface area is 172 Å². The molecule has 1 N–H and O–H groups in total. The van der Waals surface area contributed by atoms with E-state index in [0.29, 0.717) is 22.6 Å². The molecule has 1 aliphatic rings. The molecule has 0 radical (unpaired) electrons. The number of aromatic nitrogens is 2. The Morgan fingerprint density at radius 1 is 1.00 bits per heavy atom. The summed E-state index contributed by atoms with van der Waals surface area (Å²) in [6, 6.07) is 13.7. The Morgan fingerprint density at radius 2 is 1.67 bits per heavy atom. The van der Waals surface area contributed by atoms with Crippen LogP contribution in [0.25, 0.3) is 0 Å². The number of aryl methyl sites for hydroxylation is 1. The molecule has 8 nitrogen and oxygen atoms in total. The molecule has 0 bridgehead atoms. The zero-order valence-electron chi connectivity index (χ0n) is 16.2. The van der Waals surface area contributed by atoms with E-state index in [1.165, 1.54) is 0 Å². The topological polar surface area (TPSA) is 101 Å². The summed E-state index contributed by atoms with van der Waals surface area (Å²) in [6.07, 6.45) is 3.16. The number of hydrogen-bond donors (Lipinski definition) is 1. The average Bonchev–Trinajstić information content (AvgIpc) is 2.99. The monoisotopic (exact) mass is 402 g/mol. The number of nitrogens with one attached hydrogen (secondary N) is 1. The van der Waals surface area contributed by atoms with Crippen LogP contribution in [0.1, 0.15) is 32.7 Å². The van der Waals surface area contributed by atoms with E-state index in [2.05, 4.69) is 15.3 Å². The molecule has 4 rings (SSSR count). The SMILES string of the molecule is Cc1cc(Oc2ncccn2)ccc1NC(=O)CCN1C(=O)c2ccccc2C1=O. The first-order valence-electron chi connectivity index (χ1n) is 9.33. The summed E-state index contributed by atoms with van der Waals surface area (Å²) in [5.41, 5.74) is 2.15. The van der Waals surface area contributed by atoms with Crippen molar-refractivity contribution in [1.29, 1.82) is 0 Å². The third kappa shape index (κ3) is 3.88. The third-order valence-electron chi connectivity index (χ3n) is 4.66. The van der Waals surface area contributed by atoms with Crippen molar-refractivity contribution in [3.63, 3.8) is 0 Å². The summed E-state index contributed by atoms with van der Waals surface area (Å²) in [5.74, 6) is -0.495. The highest BCUT2D eigenvalue weighted by Gasteiger charge is 2.34. The number of fused-ring (bicyclic) bond motifs is 1. The quantitative estimate of drug-likeness (QED) is 0.636. The lowest BCUT2D eigenvalue weighted by Crippen LogP contribution is -2.32. The number of nitrogens with zero attached hydrogens (tertiary/aromatic N) is 3. The summed E-state index contributed by atoms with van der Waals surface area (Å²) in [6.45, 7) is 1.85. The fourth-order valence-electron chi connectivity index (χ4n) is 3.15. The highest BCUT2D eigenvalue weighted by atomic mass is 16.5. The summed E-state index contributed by atoms with van der Waals surface area (Å²) >= 11 is 0. The Bertz CT molecular complexity index is 1100. The second-order valence-corrected chi connectivity index (χ2v) is 6.72. The molecule has 2 aromatic carbocycles. The molecule has 0 spiro atoms. The number of hydrogen-bond acceptors (Lipinski definition) is 6. The molecule has 0 saturated carbocycles. The van der Waals surface area contributed by atoms with Gasteiger partial charge in [0.05, 0.1) is 11.1 Å². The predicted octanol–water partition coefficient (Wildman–Crippen LogP) is 3.20. The van der Waals surface area contributed by atoms with Gasteiger partial charge in [0, 0.05) is 31.0 Å². The number of anilines is 1. The van der Waals surface area contributed by atoms with Crippen molar-refractivity contribution in [3.8, 4) is 11.8 Å². The second kappa shape index (κ2) is 8.12. The lowest BCUT2D eigenvalue weighted by atomic mass is 10.1. The van der Waals surface area contributed by atoms with E-state index in [4.69, 9.17) is 4.74 Å². The summed E-state index contributed by atoms with van der Waals surface area (Å²) in [4.78, 5) is 46.2. The van der Waals surface area contributed by atoms with E-state index in [1.54, 1.807) is 60.9 Å². The number of carbonyl (C=O) groups excluding carboxylic acids is 3. The van der Waals surface area contributed by atoms with Crippen LogP contribution >= 0.6 is 0 Å². The maximum atomic E-state index is 12.4. The first kappa shape index (κ1) is 19.3. The largest absolute Gasteiger partial charge is 0.424 e. The molecule has 30 heavy (non-hydrogen) atoms. The Morgan fingerprint density at radius 3 is 2.30 bits per heavy atom. The molecule has 2 heterocycles. The molecule has 3 aromatic rings. The van der Waals surface area contributed by atoms with Crippen molar-refractivity contribution in [2.45, 2.75) is 13.3 Å². The zero-order chi connectivity index (χ0) is 21.1. The number of imide groups is 1. The highest BCUT2D eigenvalue weighted by Crippen LogP contribution is 2.25. The van der Waals surface area contributed by atoms with Gasteiger partial charge in [-0.05, 0) is 48.9 Å². The van der Waals surface area contributed by atoms with Crippen molar-refractivity contribution in [2.75, 3.05) is 11.9 Å². The van der Waals surface area contributed by atoms with Crippen molar-refractivity contribution in [2.24, 2.45) is 0 Å². The van der Waals surface area contributed by atoms with Gasteiger partial charge in [0.15, 0.2) is 0 Å². The first-order chi connectivity index (χ1) is 14.5. The lowest BCUT2D eigenvalue weighted by molar-refractivity contribution is -0.116. The van der Waals surface area contributed by atoms with Crippen LogP contribution in [0.2, 0.25) is 0 Å². The zero-order valence-corrected chi connectivity index (χ0v) is 16.2. The minimum atomic E-state index is -0.371. The number of rotatable bonds is 6. The van der Waals surface area contributed by atoms with Gasteiger partial charge in [0.25, 0.3) is 11.8 Å². The van der Waals surface area contributed by atoms with E-state index in [0.717, 1.165) is 10.5 Å². The first-order valence-corrected chi connectivity index (χ1v) is 9.33. The van der Waals surface area contributed by atoms with Gasteiger partial charge in [0.2, 0.25) is 5.91 Å². The second-order valence-electron chi connectivity index (χ2n) is 6.72. The van der Waals surface area contributed by atoms with Crippen LogP contribution in [0.15, 0.2) is 60.9 Å². The van der Waals surface area contributed by atoms with Crippen molar-refractivity contribution in [3.05, 3.63) is 77.6 Å². The van der Waals surface area contributed by atoms with Gasteiger partial charge in [-0.25, -0.2) is 9.97 Å². The molecule has 150 valence electrons. The molecule has 1 aromatic heterocycles. The van der Waals surface area contributed by atoms with Crippen LogP contribution in [0, 0.1) is 6.92 Å². The third-order valence-corrected chi connectivity index (χ3v) is 4.66. The Kier molecular flexibility index (Phi) is 5.21. The van der Waals surface area contributed by atoms with E-state index in [-0.39, 0.29) is 36.7 Å². The van der Waals surface area contributed by atoms with Crippen LogP contribution in [0.4, 0.5) is 5.69 Å². The predicted molar refractivity (Wildman–Crippen MR) is 108 cm³/mol. The van der Waals surface area contributed by atoms with Gasteiger partial charge in [-0.15, -0.1) is 0 Å². The molecule has 0 saturated heterocycles. The molecule has 0 atom stereocenters. The number of benzene rings is 2. The fraction of sp³-hybridized carbons (Fsp3) is 0.136. The Hall–Kier alpha value is -4.07. The molecule has 8 heteroatoms. The van der Waals surface area contributed by atoms with E-state index in [1.807, 2.05) is 6.92 Å². The summed E-state index contributed by atoms with van der Waals surface area (Å²) in [7, 11) is 0. The minimum absolute atomic E-state index is 0.00101. The maximum Gasteiger partial charge on any atom is 0.321 e. The van der Waals surface area contributed by atoms with Gasteiger partial charge in [0.1, 0.15) is 5.75 Å². The summed E-state index contributed by atoms with van der Waals surface area (Å²) < 4.78 is 5.57. The molecule has 0 aliphatic carbocycles. The van der Waals surface area contributed by atoms with Crippen LogP contribution in [-0.4, -0.2) is 39.1 Å². The van der Waals surface area contributed by atoms with Crippen LogP contribution < -0.4 is 10.1 Å².